The van der Waals surface area contributed by atoms with Gasteiger partial charge in [0.2, 0.25) is 0 Å². The number of hydrogen-bond acceptors (Lipinski definition) is 2. The topological polar surface area (TPSA) is 6.48 Å². The van der Waals surface area contributed by atoms with E-state index in [4.69, 9.17) is 0 Å². The van der Waals surface area contributed by atoms with Crippen LogP contribution in [0.5, 0.6) is 0 Å². The zero-order chi connectivity index (χ0) is 35.6. The van der Waals surface area contributed by atoms with Gasteiger partial charge in [-0.3, -0.25) is 0 Å². The van der Waals surface area contributed by atoms with E-state index in [1.165, 1.54) is 122 Å². The molecule has 7 aromatic carbocycles. The van der Waals surface area contributed by atoms with Gasteiger partial charge in [-0.05, 0) is 135 Å². The molecule has 0 saturated heterocycles. The molecule has 0 aromatic heterocycles. The molecule has 7 aromatic rings. The normalized spacial score (nSPS) is 16.3. The van der Waals surface area contributed by atoms with E-state index in [1.54, 1.807) is 5.56 Å². The van der Waals surface area contributed by atoms with Gasteiger partial charge in [0.05, 0.1) is 11.4 Å². The Labute approximate surface area is 318 Å². The molecular formula is C52H42N2. The fourth-order valence-electron chi connectivity index (χ4n) is 10.0. The summed E-state index contributed by atoms with van der Waals surface area (Å²) in [6, 6.07) is 54.6. The molecule has 2 aliphatic heterocycles. The number of rotatable bonds is 4. The van der Waals surface area contributed by atoms with Crippen LogP contribution >= 0.6 is 0 Å². The Bertz CT molecular complexity index is 2620. The van der Waals surface area contributed by atoms with Crippen molar-refractivity contribution in [2.45, 2.75) is 43.9 Å². The van der Waals surface area contributed by atoms with Crippen LogP contribution in [0.1, 0.15) is 71.0 Å². The third-order valence-electron chi connectivity index (χ3n) is 12.6. The molecular weight excluding hydrogens is 653 g/mol. The molecule has 0 amide bonds. The van der Waals surface area contributed by atoms with Crippen molar-refractivity contribution >= 4 is 63.5 Å². The Kier molecular flexibility index (Phi) is 7.27. The lowest BCUT2D eigenvalue weighted by Crippen LogP contribution is -2.25. The first kappa shape index (κ1) is 31.4. The second-order valence-electron chi connectivity index (χ2n) is 15.6. The first-order chi connectivity index (χ1) is 26.7. The predicted octanol–water partition coefficient (Wildman–Crippen LogP) is 13.9. The number of benzene rings is 7. The van der Waals surface area contributed by atoms with Crippen LogP contribution in [-0.2, 0) is 11.8 Å². The molecule has 2 heterocycles. The summed E-state index contributed by atoms with van der Waals surface area (Å²) in [6.07, 6.45) is 16.5. The molecule has 0 unspecified atom stereocenters. The molecule has 260 valence electrons. The monoisotopic (exact) mass is 694 g/mol. The molecule has 0 atom stereocenters. The van der Waals surface area contributed by atoms with Crippen LogP contribution in [0.4, 0.5) is 28.4 Å². The first-order valence-corrected chi connectivity index (χ1v) is 19.8. The Morgan fingerprint density at radius 3 is 1.85 bits per heavy atom. The van der Waals surface area contributed by atoms with Crippen LogP contribution in [-0.4, -0.2) is 6.54 Å². The molecule has 54 heavy (non-hydrogen) atoms. The van der Waals surface area contributed by atoms with E-state index in [1.807, 2.05) is 0 Å². The average molecular weight is 695 g/mol. The van der Waals surface area contributed by atoms with Crippen LogP contribution in [0.3, 0.4) is 0 Å². The highest BCUT2D eigenvalue weighted by Gasteiger charge is 2.45. The van der Waals surface area contributed by atoms with Gasteiger partial charge in [-0.1, -0.05) is 134 Å². The summed E-state index contributed by atoms with van der Waals surface area (Å²) in [4.78, 5) is 4.96. The summed E-state index contributed by atoms with van der Waals surface area (Å²) in [5.41, 5.74) is 18.8. The van der Waals surface area contributed by atoms with Gasteiger partial charge in [-0.2, -0.15) is 0 Å². The molecule has 4 aliphatic rings. The summed E-state index contributed by atoms with van der Waals surface area (Å²) in [6.45, 7) is 1.08. The van der Waals surface area contributed by atoms with E-state index in [-0.39, 0.29) is 5.41 Å². The maximum Gasteiger partial charge on any atom is 0.0534 e. The minimum Gasteiger partial charge on any atom is -0.341 e. The van der Waals surface area contributed by atoms with Crippen LogP contribution in [0.25, 0.3) is 46.2 Å². The van der Waals surface area contributed by atoms with Crippen molar-refractivity contribution in [3.8, 4) is 11.1 Å². The second-order valence-corrected chi connectivity index (χ2v) is 15.6. The van der Waals surface area contributed by atoms with E-state index < -0.39 is 0 Å². The van der Waals surface area contributed by atoms with E-state index >= 15 is 0 Å². The lowest BCUT2D eigenvalue weighted by molar-refractivity contribution is 0.549. The summed E-state index contributed by atoms with van der Waals surface area (Å²) >= 11 is 0. The third kappa shape index (κ3) is 5.01. The quantitative estimate of drug-likeness (QED) is 0.169. The fraction of sp³-hybridized carbons (Fsp3) is 0.154. The van der Waals surface area contributed by atoms with Gasteiger partial charge in [-0.15, -0.1) is 0 Å². The number of hydrogen-bond donors (Lipinski definition) is 0. The highest BCUT2D eigenvalue weighted by atomic mass is 15.2. The van der Waals surface area contributed by atoms with Crippen molar-refractivity contribution in [2.75, 3.05) is 16.3 Å². The second kappa shape index (κ2) is 12.5. The Balaban J connectivity index is 0.902. The zero-order valence-corrected chi connectivity index (χ0v) is 30.5. The van der Waals surface area contributed by atoms with Crippen LogP contribution < -0.4 is 9.80 Å². The van der Waals surface area contributed by atoms with E-state index in [0.29, 0.717) is 0 Å². The van der Waals surface area contributed by atoms with E-state index in [2.05, 4.69) is 180 Å². The highest BCUT2D eigenvalue weighted by molar-refractivity contribution is 5.96. The standard InChI is InChI=1S/C52H42N2/c1-4-14-49-38(10-1)13-9-31-53(49)43-26-28-46-45-27-20-37(33-47(45)52(48(46)35-43)29-7-8-30-52)18-17-36-19-21-42-34-44(25-24-41(42)32-36)54-50-15-5-2-11-39(50)22-23-40-12-3-6-16-51(40)54/h1-6,10-12,14-28,32-35H,7-9,13,29-31H2/b18-17+. The van der Waals surface area contributed by atoms with Crippen LogP contribution in [0, 0.1) is 0 Å². The van der Waals surface area contributed by atoms with Gasteiger partial charge in [-0.25, -0.2) is 0 Å². The SMILES string of the molecule is C1=Cc2ccccc2N(c2ccc3cc(/C=C/c4ccc5c(c4)C4(CCCC4)c4cc(N6CCCc7ccccc76)ccc4-5)ccc3c2)c2ccccc21. The number of anilines is 5. The molecule has 11 rings (SSSR count). The van der Waals surface area contributed by atoms with Gasteiger partial charge in [0.25, 0.3) is 0 Å². The number of para-hydroxylation sites is 3. The number of aryl methyl sites for hydroxylation is 1. The van der Waals surface area contributed by atoms with E-state index in [9.17, 15) is 0 Å². The molecule has 1 spiro atoms. The predicted molar refractivity (Wildman–Crippen MR) is 229 cm³/mol. The third-order valence-corrected chi connectivity index (χ3v) is 12.6. The van der Waals surface area contributed by atoms with Gasteiger partial charge >= 0.3 is 0 Å². The Morgan fingerprint density at radius 1 is 0.481 bits per heavy atom. The summed E-state index contributed by atoms with van der Waals surface area (Å²) in [5, 5.41) is 2.49. The van der Waals surface area contributed by atoms with Crippen molar-refractivity contribution in [1.29, 1.82) is 0 Å². The van der Waals surface area contributed by atoms with Crippen LogP contribution in [0.15, 0.2) is 146 Å². The van der Waals surface area contributed by atoms with Crippen molar-refractivity contribution in [1.82, 2.24) is 0 Å². The average Bonchev–Trinajstić information content (AvgIpc) is 3.78. The van der Waals surface area contributed by atoms with Gasteiger partial charge in [0.15, 0.2) is 0 Å². The summed E-state index contributed by atoms with van der Waals surface area (Å²) in [7, 11) is 0. The van der Waals surface area contributed by atoms with E-state index in [0.717, 1.165) is 6.54 Å². The number of fused-ring (bicyclic) bond motifs is 9. The molecule has 2 nitrogen and oxygen atoms in total. The summed E-state index contributed by atoms with van der Waals surface area (Å²) in [5.74, 6) is 0. The van der Waals surface area contributed by atoms with Crippen molar-refractivity contribution in [2.24, 2.45) is 0 Å². The maximum atomic E-state index is 2.56. The molecule has 0 radical (unpaired) electrons. The molecule has 1 fully saturated rings. The Morgan fingerprint density at radius 2 is 1.07 bits per heavy atom. The molecule has 1 saturated carbocycles. The van der Waals surface area contributed by atoms with Crippen LogP contribution in [0.2, 0.25) is 0 Å². The van der Waals surface area contributed by atoms with Crippen molar-refractivity contribution in [3.05, 3.63) is 185 Å². The minimum absolute atomic E-state index is 0.116. The van der Waals surface area contributed by atoms with Crippen molar-refractivity contribution < 1.29 is 0 Å². The fourth-order valence-corrected chi connectivity index (χ4v) is 10.0. The summed E-state index contributed by atoms with van der Waals surface area (Å²) < 4.78 is 0. The Hall–Kier alpha value is -6.12. The smallest absolute Gasteiger partial charge is 0.0534 e. The minimum atomic E-state index is 0.116. The molecule has 0 N–H and O–H groups in total. The molecule has 0 bridgehead atoms. The highest BCUT2D eigenvalue weighted by Crippen LogP contribution is 2.58. The zero-order valence-electron chi connectivity index (χ0n) is 30.5. The lowest BCUT2D eigenvalue weighted by atomic mass is 9.76. The first-order valence-electron chi connectivity index (χ1n) is 19.8. The number of nitrogens with zero attached hydrogens (tertiary/aromatic N) is 2. The van der Waals surface area contributed by atoms with Gasteiger partial charge in [0.1, 0.15) is 0 Å². The molecule has 2 aliphatic carbocycles. The van der Waals surface area contributed by atoms with Gasteiger partial charge in [0, 0.05) is 29.0 Å². The maximum absolute atomic E-state index is 2.56. The lowest BCUT2D eigenvalue weighted by Gasteiger charge is -2.33. The van der Waals surface area contributed by atoms with Crippen molar-refractivity contribution in [3.63, 3.8) is 0 Å². The van der Waals surface area contributed by atoms with Gasteiger partial charge < -0.3 is 9.80 Å². The molecule has 2 heteroatoms. The largest absolute Gasteiger partial charge is 0.341 e.